The van der Waals surface area contributed by atoms with Crippen molar-refractivity contribution in [2.75, 3.05) is 19.6 Å². The Balaban J connectivity index is 2.02. The molecule has 1 aliphatic rings. The van der Waals surface area contributed by atoms with Crippen LogP contribution in [0.3, 0.4) is 0 Å². The third-order valence-electron chi connectivity index (χ3n) is 3.87. The fourth-order valence-electron chi connectivity index (χ4n) is 2.71. The monoisotopic (exact) mass is 304 g/mol. The first-order chi connectivity index (χ1) is 10.4. The van der Waals surface area contributed by atoms with Crippen molar-refractivity contribution in [1.82, 2.24) is 10.2 Å². The molecule has 1 aromatic carbocycles. The van der Waals surface area contributed by atoms with Crippen LogP contribution in [0.4, 0.5) is 0 Å². The molecule has 0 aromatic heterocycles. The van der Waals surface area contributed by atoms with E-state index >= 15 is 0 Å². The Kier molecular flexibility index (Phi) is 5.06. The van der Waals surface area contributed by atoms with Crippen LogP contribution in [0.1, 0.15) is 37.8 Å². The van der Waals surface area contributed by atoms with Gasteiger partial charge in [-0.15, -0.1) is 0 Å². The van der Waals surface area contributed by atoms with Crippen LogP contribution < -0.4 is 10.1 Å². The Labute approximate surface area is 131 Å². The van der Waals surface area contributed by atoms with E-state index in [4.69, 9.17) is 4.74 Å². The summed E-state index contributed by atoms with van der Waals surface area (Å²) in [6.45, 7) is 9.21. The molecule has 1 atom stereocenters. The predicted octanol–water partition coefficient (Wildman–Crippen LogP) is 1.84. The van der Waals surface area contributed by atoms with Crippen molar-refractivity contribution < 1.29 is 14.3 Å². The number of hydrogen-bond donors (Lipinski definition) is 1. The topological polar surface area (TPSA) is 58.6 Å². The Bertz CT molecular complexity index is 569. The summed E-state index contributed by atoms with van der Waals surface area (Å²) in [4.78, 5) is 25.2. The van der Waals surface area contributed by atoms with Crippen LogP contribution in [0.5, 0.6) is 5.75 Å². The zero-order valence-electron chi connectivity index (χ0n) is 13.7. The Morgan fingerprint density at radius 1 is 1.32 bits per heavy atom. The molecule has 0 aliphatic carbocycles. The molecule has 22 heavy (non-hydrogen) atoms. The van der Waals surface area contributed by atoms with Gasteiger partial charge in [0.25, 0.3) is 5.91 Å². The van der Waals surface area contributed by atoms with Crippen molar-refractivity contribution in [3.05, 3.63) is 29.3 Å². The van der Waals surface area contributed by atoms with E-state index in [0.717, 1.165) is 5.56 Å². The molecule has 0 unspecified atom stereocenters. The fraction of sp³-hybridized carbons (Fsp3) is 0.529. The third kappa shape index (κ3) is 3.78. The van der Waals surface area contributed by atoms with E-state index in [9.17, 15) is 9.59 Å². The van der Waals surface area contributed by atoms with Gasteiger partial charge in [-0.25, -0.2) is 0 Å². The molecule has 0 spiro atoms. The second-order valence-electron chi connectivity index (χ2n) is 6.04. The van der Waals surface area contributed by atoms with E-state index in [0.29, 0.717) is 24.8 Å². The van der Waals surface area contributed by atoms with Crippen molar-refractivity contribution in [1.29, 1.82) is 0 Å². The molecule has 2 amide bonds. The number of amides is 2. The molecule has 1 heterocycles. The molecule has 120 valence electrons. The van der Waals surface area contributed by atoms with Gasteiger partial charge in [0, 0.05) is 13.1 Å². The molecular weight excluding hydrogens is 280 g/mol. The van der Waals surface area contributed by atoms with Crippen LogP contribution in [0, 0.1) is 6.92 Å². The molecule has 0 radical (unpaired) electrons. The van der Waals surface area contributed by atoms with Gasteiger partial charge in [-0.1, -0.05) is 19.9 Å². The largest absolute Gasteiger partial charge is 0.481 e. The van der Waals surface area contributed by atoms with Gasteiger partial charge < -0.3 is 15.0 Å². The van der Waals surface area contributed by atoms with Crippen LogP contribution in [0.2, 0.25) is 0 Å². The molecule has 5 heteroatoms. The summed E-state index contributed by atoms with van der Waals surface area (Å²) in [5, 5.41) is 2.71. The van der Waals surface area contributed by atoms with E-state index < -0.39 is 6.10 Å². The minimum absolute atomic E-state index is 0.109. The second kappa shape index (κ2) is 6.81. The first-order valence-corrected chi connectivity index (χ1v) is 7.71. The molecule has 1 fully saturated rings. The second-order valence-corrected chi connectivity index (χ2v) is 6.04. The van der Waals surface area contributed by atoms with E-state index in [1.807, 2.05) is 25.1 Å². The molecule has 1 aliphatic heterocycles. The SMILES string of the molecule is Cc1cc(O[C@H](C)C(=O)N2CCNC(=O)C2)ccc1C(C)C. The lowest BCUT2D eigenvalue weighted by atomic mass is 9.98. The third-order valence-corrected chi connectivity index (χ3v) is 3.87. The molecule has 1 aromatic rings. The highest BCUT2D eigenvalue weighted by Gasteiger charge is 2.26. The van der Waals surface area contributed by atoms with Crippen molar-refractivity contribution in [3.8, 4) is 5.75 Å². The highest BCUT2D eigenvalue weighted by atomic mass is 16.5. The summed E-state index contributed by atoms with van der Waals surface area (Å²) in [5.74, 6) is 0.869. The van der Waals surface area contributed by atoms with Crippen molar-refractivity contribution >= 4 is 11.8 Å². The lowest BCUT2D eigenvalue weighted by Crippen LogP contribution is -2.53. The van der Waals surface area contributed by atoms with Crippen LogP contribution in [0.25, 0.3) is 0 Å². The maximum absolute atomic E-state index is 12.3. The summed E-state index contributed by atoms with van der Waals surface area (Å²) >= 11 is 0. The molecule has 1 saturated heterocycles. The lowest BCUT2D eigenvalue weighted by Gasteiger charge is -2.29. The highest BCUT2D eigenvalue weighted by Crippen LogP contribution is 2.24. The van der Waals surface area contributed by atoms with Gasteiger partial charge >= 0.3 is 0 Å². The Morgan fingerprint density at radius 2 is 2.05 bits per heavy atom. The van der Waals surface area contributed by atoms with Crippen molar-refractivity contribution in [2.45, 2.75) is 39.7 Å². The minimum Gasteiger partial charge on any atom is -0.481 e. The minimum atomic E-state index is -0.602. The number of carbonyl (C=O) groups excluding carboxylic acids is 2. The van der Waals surface area contributed by atoms with Gasteiger partial charge in [0.1, 0.15) is 5.75 Å². The number of ether oxygens (including phenoxy) is 1. The van der Waals surface area contributed by atoms with E-state index in [1.165, 1.54) is 5.56 Å². The normalized spacial score (nSPS) is 16.4. The number of aryl methyl sites for hydroxylation is 1. The first kappa shape index (κ1) is 16.3. The van der Waals surface area contributed by atoms with Crippen LogP contribution >= 0.6 is 0 Å². The van der Waals surface area contributed by atoms with Gasteiger partial charge in [-0.05, 0) is 43.0 Å². The van der Waals surface area contributed by atoms with Crippen LogP contribution in [0.15, 0.2) is 18.2 Å². The van der Waals surface area contributed by atoms with E-state index in [-0.39, 0.29) is 18.4 Å². The summed E-state index contributed by atoms with van der Waals surface area (Å²) in [6.07, 6.45) is -0.602. The lowest BCUT2D eigenvalue weighted by molar-refractivity contribution is -0.143. The highest BCUT2D eigenvalue weighted by molar-refractivity contribution is 5.88. The quantitative estimate of drug-likeness (QED) is 0.923. The number of nitrogens with one attached hydrogen (secondary N) is 1. The maximum Gasteiger partial charge on any atom is 0.263 e. The molecule has 1 N–H and O–H groups in total. The number of benzene rings is 1. The molecule has 0 saturated carbocycles. The predicted molar refractivity (Wildman–Crippen MR) is 84.9 cm³/mol. The number of rotatable bonds is 4. The Morgan fingerprint density at radius 3 is 2.64 bits per heavy atom. The van der Waals surface area contributed by atoms with Gasteiger partial charge in [0.05, 0.1) is 6.54 Å². The maximum atomic E-state index is 12.3. The molecule has 2 rings (SSSR count). The first-order valence-electron chi connectivity index (χ1n) is 7.71. The smallest absolute Gasteiger partial charge is 0.263 e. The van der Waals surface area contributed by atoms with Gasteiger partial charge in [0.15, 0.2) is 6.10 Å². The zero-order valence-corrected chi connectivity index (χ0v) is 13.7. The van der Waals surface area contributed by atoms with Crippen LogP contribution in [-0.2, 0) is 9.59 Å². The van der Waals surface area contributed by atoms with Gasteiger partial charge in [-0.2, -0.15) is 0 Å². The number of piperazine rings is 1. The number of carbonyl (C=O) groups is 2. The summed E-state index contributed by atoms with van der Waals surface area (Å²) in [7, 11) is 0. The summed E-state index contributed by atoms with van der Waals surface area (Å²) in [5.41, 5.74) is 2.43. The summed E-state index contributed by atoms with van der Waals surface area (Å²) < 4.78 is 5.76. The van der Waals surface area contributed by atoms with Crippen molar-refractivity contribution in [2.24, 2.45) is 0 Å². The fourth-order valence-corrected chi connectivity index (χ4v) is 2.71. The van der Waals surface area contributed by atoms with Gasteiger partial charge in [0.2, 0.25) is 5.91 Å². The molecule has 0 bridgehead atoms. The van der Waals surface area contributed by atoms with E-state index in [2.05, 4.69) is 19.2 Å². The standard InChI is InChI=1S/C17H24N2O3/c1-11(2)15-6-5-14(9-12(15)3)22-13(4)17(21)19-8-7-18-16(20)10-19/h5-6,9,11,13H,7-8,10H2,1-4H3,(H,18,20)/t13-/m1/s1. The molecular formula is C17H24N2O3. The number of hydrogen-bond acceptors (Lipinski definition) is 3. The zero-order chi connectivity index (χ0) is 16.3. The average molecular weight is 304 g/mol. The van der Waals surface area contributed by atoms with E-state index in [1.54, 1.807) is 11.8 Å². The number of nitrogens with zero attached hydrogens (tertiary/aromatic N) is 1. The molecule has 5 nitrogen and oxygen atoms in total. The average Bonchev–Trinajstić information content (AvgIpc) is 2.46. The van der Waals surface area contributed by atoms with Crippen molar-refractivity contribution in [3.63, 3.8) is 0 Å². The summed E-state index contributed by atoms with van der Waals surface area (Å²) in [6, 6.07) is 5.90. The van der Waals surface area contributed by atoms with Crippen LogP contribution in [-0.4, -0.2) is 42.5 Å². The van der Waals surface area contributed by atoms with Gasteiger partial charge in [-0.3, -0.25) is 9.59 Å². The Hall–Kier alpha value is -2.04.